The van der Waals surface area contributed by atoms with Gasteiger partial charge >= 0.3 is 0 Å². The highest BCUT2D eigenvalue weighted by Gasteiger charge is 1.83. The van der Waals surface area contributed by atoms with Gasteiger partial charge in [0.1, 0.15) is 0 Å². The first-order valence-electron chi connectivity index (χ1n) is 3.56. The predicted molar refractivity (Wildman–Crippen MR) is 47.2 cm³/mol. The molecule has 0 heterocycles. The van der Waals surface area contributed by atoms with Crippen LogP contribution in [-0.2, 0) is 4.79 Å². The summed E-state index contributed by atoms with van der Waals surface area (Å²) in [5, 5.41) is 1.87. The minimum absolute atomic E-state index is 0.129. The van der Waals surface area contributed by atoms with Crippen molar-refractivity contribution in [3.63, 3.8) is 0 Å². The van der Waals surface area contributed by atoms with Gasteiger partial charge in [0, 0.05) is 0 Å². The van der Waals surface area contributed by atoms with Gasteiger partial charge in [-0.3, -0.25) is 4.79 Å². The second kappa shape index (κ2) is 6.87. The van der Waals surface area contributed by atoms with Crippen LogP contribution in [0.25, 0.3) is 0 Å². The topological polar surface area (TPSA) is 17.1 Å². The zero-order chi connectivity index (χ0) is 7.82. The largest absolute Gasteiger partial charge is 0.295 e. The molecular formula is C8H14OS. The summed E-state index contributed by atoms with van der Waals surface area (Å²) in [6, 6.07) is 0. The van der Waals surface area contributed by atoms with Crippen LogP contribution in [-0.4, -0.2) is 11.5 Å². The van der Waals surface area contributed by atoms with E-state index in [0.717, 1.165) is 5.75 Å². The van der Waals surface area contributed by atoms with Crippen molar-refractivity contribution in [3.8, 4) is 0 Å². The number of carbonyl (C=O) groups is 1. The van der Waals surface area contributed by atoms with E-state index in [0.29, 0.717) is 0 Å². The molecule has 0 amide bonds. The van der Waals surface area contributed by atoms with Crippen molar-refractivity contribution in [1.82, 2.24) is 0 Å². The van der Waals surface area contributed by atoms with E-state index in [1.54, 1.807) is 24.8 Å². The van der Waals surface area contributed by atoms with E-state index in [-0.39, 0.29) is 5.78 Å². The Morgan fingerprint density at radius 3 is 2.80 bits per heavy atom. The van der Waals surface area contributed by atoms with Crippen molar-refractivity contribution in [1.29, 1.82) is 0 Å². The quantitative estimate of drug-likeness (QED) is 0.452. The average Bonchev–Trinajstić information content (AvgIpc) is 1.87. The minimum atomic E-state index is 0.129. The van der Waals surface area contributed by atoms with Crippen LogP contribution in [0.5, 0.6) is 0 Å². The monoisotopic (exact) mass is 158 g/mol. The van der Waals surface area contributed by atoms with Crippen molar-refractivity contribution in [3.05, 3.63) is 11.5 Å². The molecule has 0 aromatic rings. The van der Waals surface area contributed by atoms with Crippen molar-refractivity contribution in [2.45, 2.75) is 26.7 Å². The molecule has 0 radical (unpaired) electrons. The molecule has 2 heteroatoms. The van der Waals surface area contributed by atoms with Crippen molar-refractivity contribution in [2.75, 3.05) is 5.75 Å². The maximum absolute atomic E-state index is 10.4. The number of carbonyl (C=O) groups excluding carboxylic acids is 1. The fraction of sp³-hybridized carbons (Fsp3) is 0.625. The van der Waals surface area contributed by atoms with Crippen LogP contribution in [0.3, 0.4) is 0 Å². The Kier molecular flexibility index (Phi) is 6.71. The summed E-state index contributed by atoms with van der Waals surface area (Å²) in [5.74, 6) is 1.25. The van der Waals surface area contributed by atoms with E-state index in [4.69, 9.17) is 0 Å². The Bertz CT molecular complexity index is 118. The molecule has 0 aliphatic rings. The lowest BCUT2D eigenvalue weighted by Crippen LogP contribution is -1.78. The molecule has 0 saturated heterocycles. The fourth-order valence-corrected chi connectivity index (χ4v) is 1.32. The van der Waals surface area contributed by atoms with Crippen molar-refractivity contribution in [2.24, 2.45) is 0 Å². The zero-order valence-corrected chi connectivity index (χ0v) is 7.41. The van der Waals surface area contributed by atoms with E-state index in [9.17, 15) is 4.79 Å². The van der Waals surface area contributed by atoms with Gasteiger partial charge in [0.05, 0.1) is 0 Å². The van der Waals surface area contributed by atoms with Crippen LogP contribution >= 0.6 is 11.8 Å². The van der Waals surface area contributed by atoms with Crippen LogP contribution in [0.2, 0.25) is 0 Å². The average molecular weight is 158 g/mol. The van der Waals surface area contributed by atoms with Gasteiger partial charge in [-0.2, -0.15) is 0 Å². The number of rotatable bonds is 5. The van der Waals surface area contributed by atoms with Gasteiger partial charge in [-0.15, -0.1) is 11.8 Å². The number of thioether (sulfide) groups is 1. The molecule has 1 nitrogen and oxygen atoms in total. The third kappa shape index (κ3) is 7.76. The summed E-state index contributed by atoms with van der Waals surface area (Å²) >= 11 is 1.70. The molecule has 0 unspecified atom stereocenters. The smallest absolute Gasteiger partial charge is 0.153 e. The molecular weight excluding hydrogens is 144 g/mol. The first kappa shape index (κ1) is 9.76. The predicted octanol–water partition coefficient (Wildman–Crippen LogP) is 2.62. The van der Waals surface area contributed by atoms with Crippen LogP contribution in [0.15, 0.2) is 11.5 Å². The number of unbranched alkanes of at least 4 members (excludes halogenated alkanes) is 1. The van der Waals surface area contributed by atoms with Gasteiger partial charge in [0.2, 0.25) is 0 Å². The SMILES string of the molecule is CCCCS/C=C\C(C)=O. The highest BCUT2D eigenvalue weighted by molar-refractivity contribution is 8.02. The van der Waals surface area contributed by atoms with Gasteiger partial charge in [0.25, 0.3) is 0 Å². The van der Waals surface area contributed by atoms with Gasteiger partial charge in [-0.1, -0.05) is 13.3 Å². The van der Waals surface area contributed by atoms with E-state index in [1.807, 2.05) is 5.41 Å². The number of allylic oxidation sites excluding steroid dienone is 1. The Hall–Kier alpha value is -0.240. The zero-order valence-electron chi connectivity index (χ0n) is 6.59. The molecule has 0 spiro atoms. The Morgan fingerprint density at radius 1 is 1.60 bits per heavy atom. The molecule has 0 aliphatic heterocycles. The summed E-state index contributed by atoms with van der Waals surface area (Å²) in [6.07, 6.45) is 4.06. The standard InChI is InChI=1S/C8H14OS/c1-3-4-6-10-7-5-8(2)9/h5,7H,3-4,6H2,1-2H3/b7-5-. The van der Waals surface area contributed by atoms with E-state index >= 15 is 0 Å². The van der Waals surface area contributed by atoms with Crippen LogP contribution in [0, 0.1) is 0 Å². The molecule has 0 atom stereocenters. The van der Waals surface area contributed by atoms with Crippen molar-refractivity contribution < 1.29 is 4.79 Å². The molecule has 0 aliphatic carbocycles. The second-order valence-corrected chi connectivity index (χ2v) is 3.15. The van der Waals surface area contributed by atoms with Gasteiger partial charge in [0.15, 0.2) is 5.78 Å². The minimum Gasteiger partial charge on any atom is -0.295 e. The molecule has 0 fully saturated rings. The molecule has 0 rings (SSSR count). The van der Waals surface area contributed by atoms with Crippen LogP contribution in [0.4, 0.5) is 0 Å². The van der Waals surface area contributed by atoms with Crippen LogP contribution in [0.1, 0.15) is 26.7 Å². The van der Waals surface area contributed by atoms with Gasteiger partial charge in [-0.25, -0.2) is 0 Å². The number of hydrogen-bond acceptors (Lipinski definition) is 2. The Balaban J connectivity index is 3.10. The maximum Gasteiger partial charge on any atom is 0.153 e. The molecule has 0 bridgehead atoms. The third-order valence-electron chi connectivity index (χ3n) is 1.01. The van der Waals surface area contributed by atoms with Crippen LogP contribution < -0.4 is 0 Å². The third-order valence-corrected chi connectivity index (χ3v) is 1.87. The number of ketones is 1. The van der Waals surface area contributed by atoms with E-state index < -0.39 is 0 Å². The lowest BCUT2D eigenvalue weighted by Gasteiger charge is -1.89. The fourth-order valence-electron chi connectivity index (χ4n) is 0.440. The summed E-state index contributed by atoms with van der Waals surface area (Å²) in [6.45, 7) is 3.73. The van der Waals surface area contributed by atoms with E-state index in [2.05, 4.69) is 6.92 Å². The molecule has 0 saturated carbocycles. The van der Waals surface area contributed by atoms with E-state index in [1.165, 1.54) is 12.8 Å². The number of hydrogen-bond donors (Lipinski definition) is 0. The molecule has 58 valence electrons. The highest BCUT2D eigenvalue weighted by atomic mass is 32.2. The maximum atomic E-state index is 10.4. The van der Waals surface area contributed by atoms with Crippen molar-refractivity contribution >= 4 is 17.5 Å². The van der Waals surface area contributed by atoms with Gasteiger partial charge < -0.3 is 0 Å². The lowest BCUT2D eigenvalue weighted by atomic mass is 10.4. The molecule has 0 aromatic carbocycles. The second-order valence-electron chi connectivity index (χ2n) is 2.14. The summed E-state index contributed by atoms with van der Waals surface area (Å²) in [4.78, 5) is 10.4. The Labute approximate surface area is 66.9 Å². The molecule has 0 N–H and O–H groups in total. The summed E-state index contributed by atoms with van der Waals surface area (Å²) in [7, 11) is 0. The molecule has 10 heavy (non-hydrogen) atoms. The summed E-state index contributed by atoms with van der Waals surface area (Å²) < 4.78 is 0. The first-order chi connectivity index (χ1) is 4.77. The first-order valence-corrected chi connectivity index (χ1v) is 4.61. The molecule has 0 aromatic heterocycles. The highest BCUT2D eigenvalue weighted by Crippen LogP contribution is 2.05. The lowest BCUT2D eigenvalue weighted by molar-refractivity contribution is -0.112. The Morgan fingerprint density at radius 2 is 2.30 bits per heavy atom. The normalized spacial score (nSPS) is 10.6. The van der Waals surface area contributed by atoms with Gasteiger partial charge in [-0.05, 0) is 30.6 Å². The summed E-state index contributed by atoms with van der Waals surface area (Å²) in [5.41, 5.74) is 0.